The van der Waals surface area contributed by atoms with Gasteiger partial charge in [0.1, 0.15) is 11.5 Å². The maximum absolute atomic E-state index is 13.8. The first-order chi connectivity index (χ1) is 16.0. The Hall–Kier alpha value is -3.23. The molecule has 0 unspecified atom stereocenters. The second kappa shape index (κ2) is 10.6. The molecule has 2 N–H and O–H groups in total. The highest BCUT2D eigenvalue weighted by Crippen LogP contribution is 2.25. The lowest BCUT2D eigenvalue weighted by Crippen LogP contribution is -2.41. The van der Waals surface area contributed by atoms with Crippen molar-refractivity contribution in [2.45, 2.75) is 19.9 Å². The van der Waals surface area contributed by atoms with Crippen LogP contribution in [-0.2, 0) is 16.1 Å². The highest BCUT2D eigenvalue weighted by atomic mass is 19.1. The molecule has 0 radical (unpaired) electrons. The molecule has 4 rings (SSSR count). The van der Waals surface area contributed by atoms with Gasteiger partial charge in [-0.05, 0) is 42.0 Å². The number of carbonyl (C=O) groups is 2. The molecule has 2 aromatic carbocycles. The molecule has 0 aliphatic carbocycles. The Labute approximate surface area is 192 Å². The van der Waals surface area contributed by atoms with Crippen molar-refractivity contribution < 1.29 is 18.7 Å². The van der Waals surface area contributed by atoms with Gasteiger partial charge >= 0.3 is 0 Å². The summed E-state index contributed by atoms with van der Waals surface area (Å²) in [5.74, 6) is -0.574. The van der Waals surface area contributed by atoms with Gasteiger partial charge in [-0.25, -0.2) is 4.39 Å². The molecule has 1 saturated heterocycles. The fourth-order valence-electron chi connectivity index (χ4n) is 4.02. The molecule has 3 aromatic rings. The number of halogens is 1. The molecule has 0 spiro atoms. The van der Waals surface area contributed by atoms with Crippen LogP contribution in [0.4, 0.5) is 10.1 Å². The normalized spacial score (nSPS) is 14.4. The lowest BCUT2D eigenvalue weighted by Gasteiger charge is -2.26. The van der Waals surface area contributed by atoms with E-state index in [0.29, 0.717) is 44.1 Å². The standard InChI is InChI=1S/C25H29FN4O3/c1-2-24(31)28-21-6-7-22-19(15-21)16-23(30(22)17-18-4-3-5-20(26)14-18)25(32)27-8-9-29-10-12-33-13-11-29/h3-7,14-16H,2,8-13,17H2,1H3,(H,27,32)(H,28,31). The third-order valence-electron chi connectivity index (χ3n) is 5.79. The van der Waals surface area contributed by atoms with Crippen LogP contribution in [0.3, 0.4) is 0 Å². The Morgan fingerprint density at radius 3 is 2.67 bits per heavy atom. The number of amides is 2. The molecular weight excluding hydrogens is 423 g/mol. The predicted molar refractivity (Wildman–Crippen MR) is 126 cm³/mol. The number of anilines is 1. The lowest BCUT2D eigenvalue weighted by molar-refractivity contribution is -0.115. The van der Waals surface area contributed by atoms with Crippen LogP contribution in [0.25, 0.3) is 10.9 Å². The maximum Gasteiger partial charge on any atom is 0.267 e. The number of fused-ring (bicyclic) bond motifs is 1. The Bertz CT molecular complexity index is 1140. The van der Waals surface area contributed by atoms with Crippen molar-refractivity contribution in [2.75, 3.05) is 44.7 Å². The number of carbonyl (C=O) groups excluding carboxylic acids is 2. The summed E-state index contributed by atoms with van der Waals surface area (Å²) >= 11 is 0. The molecule has 1 aliphatic rings. The van der Waals surface area contributed by atoms with Gasteiger partial charge < -0.3 is 19.9 Å². The summed E-state index contributed by atoms with van der Waals surface area (Å²) in [5, 5.41) is 6.70. The molecule has 2 amide bonds. The van der Waals surface area contributed by atoms with Gasteiger partial charge in [0.15, 0.2) is 0 Å². The summed E-state index contributed by atoms with van der Waals surface area (Å²) in [7, 11) is 0. The second-order valence-corrected chi connectivity index (χ2v) is 8.13. The predicted octanol–water partition coefficient (Wildman–Crippen LogP) is 3.24. The van der Waals surface area contributed by atoms with Gasteiger partial charge in [0.05, 0.1) is 13.2 Å². The molecule has 33 heavy (non-hydrogen) atoms. The third-order valence-corrected chi connectivity index (χ3v) is 5.79. The molecule has 7 nitrogen and oxygen atoms in total. The highest BCUT2D eigenvalue weighted by molar-refractivity contribution is 6.00. The summed E-state index contributed by atoms with van der Waals surface area (Å²) in [6, 6.07) is 13.8. The Morgan fingerprint density at radius 1 is 1.09 bits per heavy atom. The molecule has 2 heterocycles. The molecule has 1 aliphatic heterocycles. The average Bonchev–Trinajstić information content (AvgIpc) is 3.17. The van der Waals surface area contributed by atoms with Crippen molar-refractivity contribution in [3.05, 3.63) is 65.6 Å². The zero-order chi connectivity index (χ0) is 23.2. The second-order valence-electron chi connectivity index (χ2n) is 8.13. The summed E-state index contributed by atoms with van der Waals surface area (Å²) in [6.45, 7) is 6.59. The number of benzene rings is 2. The van der Waals surface area contributed by atoms with Crippen molar-refractivity contribution >= 4 is 28.4 Å². The van der Waals surface area contributed by atoms with Crippen LogP contribution in [0, 0.1) is 5.82 Å². The van der Waals surface area contributed by atoms with Crippen molar-refractivity contribution in [3.63, 3.8) is 0 Å². The van der Waals surface area contributed by atoms with Crippen LogP contribution in [-0.4, -0.2) is 60.7 Å². The smallest absolute Gasteiger partial charge is 0.267 e. The number of aromatic nitrogens is 1. The van der Waals surface area contributed by atoms with E-state index in [1.54, 1.807) is 13.0 Å². The molecule has 1 aromatic heterocycles. The van der Waals surface area contributed by atoms with Gasteiger partial charge in [-0.3, -0.25) is 14.5 Å². The summed E-state index contributed by atoms with van der Waals surface area (Å²) < 4.78 is 21.0. The molecule has 1 fully saturated rings. The fraction of sp³-hybridized carbons (Fsp3) is 0.360. The van der Waals surface area contributed by atoms with Gasteiger partial charge in [-0.15, -0.1) is 0 Å². The lowest BCUT2D eigenvalue weighted by atomic mass is 10.2. The summed E-state index contributed by atoms with van der Waals surface area (Å²) in [4.78, 5) is 27.2. The molecular formula is C25H29FN4O3. The van der Waals surface area contributed by atoms with Crippen LogP contribution in [0.1, 0.15) is 29.4 Å². The number of morpholine rings is 1. The Morgan fingerprint density at radius 2 is 1.91 bits per heavy atom. The van der Waals surface area contributed by atoms with Crippen LogP contribution >= 0.6 is 0 Å². The van der Waals surface area contributed by atoms with Gasteiger partial charge in [-0.2, -0.15) is 0 Å². The van der Waals surface area contributed by atoms with Crippen molar-refractivity contribution in [3.8, 4) is 0 Å². The van der Waals surface area contributed by atoms with Crippen LogP contribution in [0.15, 0.2) is 48.5 Å². The van der Waals surface area contributed by atoms with Gasteiger partial charge in [0.2, 0.25) is 5.91 Å². The first-order valence-electron chi connectivity index (χ1n) is 11.3. The SMILES string of the molecule is CCC(=O)Nc1ccc2c(c1)cc(C(=O)NCCN1CCOCC1)n2Cc1cccc(F)c1. The van der Waals surface area contributed by atoms with Gasteiger partial charge in [-0.1, -0.05) is 19.1 Å². The monoisotopic (exact) mass is 452 g/mol. The quantitative estimate of drug-likeness (QED) is 0.550. The Kier molecular flexibility index (Phi) is 7.36. The van der Waals surface area contributed by atoms with E-state index < -0.39 is 0 Å². The zero-order valence-electron chi connectivity index (χ0n) is 18.8. The molecule has 0 atom stereocenters. The van der Waals surface area contributed by atoms with E-state index in [4.69, 9.17) is 4.74 Å². The van der Waals surface area contributed by atoms with Crippen molar-refractivity contribution in [1.82, 2.24) is 14.8 Å². The number of ether oxygens (including phenoxy) is 1. The largest absolute Gasteiger partial charge is 0.379 e. The van der Waals surface area contributed by atoms with Gasteiger partial charge in [0.25, 0.3) is 5.91 Å². The molecule has 0 bridgehead atoms. The van der Waals surface area contributed by atoms with Crippen LogP contribution in [0.5, 0.6) is 0 Å². The van der Waals surface area contributed by atoms with Crippen molar-refractivity contribution in [1.29, 1.82) is 0 Å². The van der Waals surface area contributed by atoms with E-state index in [1.165, 1.54) is 12.1 Å². The Balaban J connectivity index is 1.58. The van der Waals surface area contributed by atoms with E-state index >= 15 is 0 Å². The summed E-state index contributed by atoms with van der Waals surface area (Å²) in [5.41, 5.74) is 2.78. The molecule has 174 valence electrons. The van der Waals surface area contributed by atoms with E-state index in [9.17, 15) is 14.0 Å². The third kappa shape index (κ3) is 5.77. The van der Waals surface area contributed by atoms with Crippen LogP contribution in [0.2, 0.25) is 0 Å². The minimum atomic E-state index is -0.315. The topological polar surface area (TPSA) is 75.6 Å². The average molecular weight is 453 g/mol. The molecule has 8 heteroatoms. The number of hydrogen-bond acceptors (Lipinski definition) is 4. The summed E-state index contributed by atoms with van der Waals surface area (Å²) in [6.07, 6.45) is 0.384. The minimum absolute atomic E-state index is 0.0744. The number of rotatable bonds is 8. The van der Waals surface area contributed by atoms with Crippen molar-refractivity contribution in [2.24, 2.45) is 0 Å². The number of hydrogen-bond donors (Lipinski definition) is 2. The molecule has 0 saturated carbocycles. The van der Waals surface area contributed by atoms with E-state index in [1.807, 2.05) is 34.9 Å². The number of nitrogens with one attached hydrogen (secondary N) is 2. The number of nitrogens with zero attached hydrogens (tertiary/aromatic N) is 2. The van der Waals surface area contributed by atoms with Crippen LogP contribution < -0.4 is 10.6 Å². The fourth-order valence-corrected chi connectivity index (χ4v) is 4.02. The first kappa shape index (κ1) is 22.9. The highest BCUT2D eigenvalue weighted by Gasteiger charge is 2.17. The van der Waals surface area contributed by atoms with E-state index in [0.717, 1.165) is 36.1 Å². The van der Waals surface area contributed by atoms with Gasteiger partial charge in [0, 0.05) is 55.7 Å². The van der Waals surface area contributed by atoms with E-state index in [-0.39, 0.29) is 17.6 Å². The zero-order valence-corrected chi connectivity index (χ0v) is 18.8. The maximum atomic E-state index is 13.8. The first-order valence-corrected chi connectivity index (χ1v) is 11.3. The minimum Gasteiger partial charge on any atom is -0.379 e. The van der Waals surface area contributed by atoms with E-state index in [2.05, 4.69) is 15.5 Å².